The van der Waals surface area contributed by atoms with E-state index in [1.54, 1.807) is 11.3 Å². The minimum absolute atomic E-state index is 0.294. The van der Waals surface area contributed by atoms with Crippen LogP contribution in [0, 0.1) is 0 Å². The first-order valence-electron chi connectivity index (χ1n) is 7.12. The molecular formula is C16H18N2OS2. The fraction of sp³-hybridized carbons (Fsp3) is 0.312. The Morgan fingerprint density at radius 2 is 2.29 bits per heavy atom. The molecule has 3 rings (SSSR count). The number of benzene rings is 1. The standard InChI is InChI=1S/C16H18N2OS2/c20-16(17-11-14-6-2-8-19-14)18-13-5-1-4-12(10-13)15-7-3-9-21-15/h1,3-5,7,9-10,14H,2,6,8,11H2,(H2,17,18,20). The maximum atomic E-state index is 5.57. The summed E-state index contributed by atoms with van der Waals surface area (Å²) < 4.78 is 5.57. The Bertz CT molecular complexity index is 592. The number of thiocarbonyl (C=S) groups is 1. The lowest BCUT2D eigenvalue weighted by Crippen LogP contribution is -2.34. The minimum Gasteiger partial charge on any atom is -0.376 e. The molecule has 1 aromatic heterocycles. The van der Waals surface area contributed by atoms with Crippen LogP contribution in [0.5, 0.6) is 0 Å². The third-order valence-corrected chi connectivity index (χ3v) is 4.61. The molecular weight excluding hydrogens is 300 g/mol. The molecule has 2 N–H and O–H groups in total. The van der Waals surface area contributed by atoms with E-state index in [0.717, 1.165) is 31.7 Å². The van der Waals surface area contributed by atoms with Gasteiger partial charge in [-0.15, -0.1) is 11.3 Å². The summed E-state index contributed by atoms with van der Waals surface area (Å²) in [6, 6.07) is 12.5. The monoisotopic (exact) mass is 318 g/mol. The van der Waals surface area contributed by atoms with Crippen LogP contribution in [0.4, 0.5) is 5.69 Å². The molecule has 0 saturated carbocycles. The first-order chi connectivity index (χ1) is 10.3. The Labute approximate surface area is 134 Å². The quantitative estimate of drug-likeness (QED) is 0.838. The van der Waals surface area contributed by atoms with Gasteiger partial charge in [-0.05, 0) is 54.2 Å². The molecule has 1 aliphatic heterocycles. The van der Waals surface area contributed by atoms with E-state index in [2.05, 4.69) is 40.3 Å². The van der Waals surface area contributed by atoms with Gasteiger partial charge in [-0.3, -0.25) is 0 Å². The van der Waals surface area contributed by atoms with E-state index in [0.29, 0.717) is 11.2 Å². The highest BCUT2D eigenvalue weighted by Crippen LogP contribution is 2.26. The van der Waals surface area contributed by atoms with E-state index in [4.69, 9.17) is 17.0 Å². The molecule has 0 amide bonds. The van der Waals surface area contributed by atoms with E-state index in [-0.39, 0.29) is 0 Å². The average Bonchev–Trinajstić information content (AvgIpc) is 3.19. The van der Waals surface area contributed by atoms with Gasteiger partial charge in [-0.2, -0.15) is 0 Å². The lowest BCUT2D eigenvalue weighted by molar-refractivity contribution is 0.114. The molecule has 0 bridgehead atoms. The zero-order chi connectivity index (χ0) is 14.5. The van der Waals surface area contributed by atoms with Gasteiger partial charge in [-0.1, -0.05) is 18.2 Å². The van der Waals surface area contributed by atoms with Crippen LogP contribution in [0.15, 0.2) is 41.8 Å². The minimum atomic E-state index is 0.294. The SMILES string of the molecule is S=C(NCC1CCCO1)Nc1cccc(-c2cccs2)c1. The summed E-state index contributed by atoms with van der Waals surface area (Å²) in [7, 11) is 0. The number of thiophene rings is 1. The molecule has 0 spiro atoms. The molecule has 110 valence electrons. The fourth-order valence-corrected chi connectivity index (χ4v) is 3.31. The van der Waals surface area contributed by atoms with Crippen molar-refractivity contribution in [3.05, 3.63) is 41.8 Å². The first kappa shape index (κ1) is 14.5. The second-order valence-electron chi connectivity index (χ2n) is 5.03. The molecule has 1 saturated heterocycles. The maximum absolute atomic E-state index is 5.57. The molecule has 3 nitrogen and oxygen atoms in total. The second kappa shape index (κ2) is 7.02. The van der Waals surface area contributed by atoms with Gasteiger partial charge in [0.15, 0.2) is 5.11 Å². The first-order valence-corrected chi connectivity index (χ1v) is 8.40. The van der Waals surface area contributed by atoms with E-state index < -0.39 is 0 Å². The van der Waals surface area contributed by atoms with Crippen LogP contribution in [0.3, 0.4) is 0 Å². The Morgan fingerprint density at radius 3 is 3.05 bits per heavy atom. The predicted octanol–water partition coefficient (Wildman–Crippen LogP) is 3.88. The normalized spacial score (nSPS) is 17.6. The number of ether oxygens (including phenoxy) is 1. The van der Waals surface area contributed by atoms with Crippen LogP contribution >= 0.6 is 23.6 Å². The maximum Gasteiger partial charge on any atom is 0.170 e. The van der Waals surface area contributed by atoms with Crippen molar-refractivity contribution in [3.63, 3.8) is 0 Å². The van der Waals surface area contributed by atoms with E-state index in [1.807, 2.05) is 12.1 Å². The van der Waals surface area contributed by atoms with Crippen molar-refractivity contribution in [3.8, 4) is 10.4 Å². The molecule has 0 radical (unpaired) electrons. The van der Waals surface area contributed by atoms with Gasteiger partial charge in [-0.25, -0.2) is 0 Å². The van der Waals surface area contributed by atoms with Crippen LogP contribution in [0.1, 0.15) is 12.8 Å². The van der Waals surface area contributed by atoms with Gasteiger partial charge in [0, 0.05) is 23.7 Å². The lowest BCUT2D eigenvalue weighted by atomic mass is 10.1. The van der Waals surface area contributed by atoms with Crippen molar-refractivity contribution in [1.82, 2.24) is 5.32 Å². The van der Waals surface area contributed by atoms with Gasteiger partial charge in [0.05, 0.1) is 6.10 Å². The Morgan fingerprint density at radius 1 is 1.33 bits per heavy atom. The Hall–Kier alpha value is -1.43. The summed E-state index contributed by atoms with van der Waals surface area (Å²) in [6.45, 7) is 1.64. The summed E-state index contributed by atoms with van der Waals surface area (Å²) in [4.78, 5) is 1.26. The Balaban J connectivity index is 1.56. The number of rotatable bonds is 4. The molecule has 21 heavy (non-hydrogen) atoms. The summed E-state index contributed by atoms with van der Waals surface area (Å²) in [5.41, 5.74) is 2.21. The zero-order valence-corrected chi connectivity index (χ0v) is 13.3. The third kappa shape index (κ3) is 4.03. The van der Waals surface area contributed by atoms with E-state index >= 15 is 0 Å². The van der Waals surface area contributed by atoms with Crippen LogP contribution in [-0.2, 0) is 4.74 Å². The molecule has 1 fully saturated rings. The topological polar surface area (TPSA) is 33.3 Å². The Kier molecular flexibility index (Phi) is 4.85. The molecule has 0 aliphatic carbocycles. The van der Waals surface area contributed by atoms with Crippen molar-refractivity contribution in [2.24, 2.45) is 0 Å². The summed E-state index contributed by atoms with van der Waals surface area (Å²) in [5.74, 6) is 0. The number of hydrogen-bond acceptors (Lipinski definition) is 3. The molecule has 2 heterocycles. The van der Waals surface area contributed by atoms with Gasteiger partial charge >= 0.3 is 0 Å². The number of anilines is 1. The highest BCUT2D eigenvalue weighted by molar-refractivity contribution is 7.80. The van der Waals surface area contributed by atoms with Gasteiger partial charge < -0.3 is 15.4 Å². The predicted molar refractivity (Wildman–Crippen MR) is 93.0 cm³/mol. The summed E-state index contributed by atoms with van der Waals surface area (Å²) >= 11 is 7.08. The fourth-order valence-electron chi connectivity index (χ4n) is 2.38. The van der Waals surface area contributed by atoms with Gasteiger partial charge in [0.25, 0.3) is 0 Å². The third-order valence-electron chi connectivity index (χ3n) is 3.44. The molecule has 1 aliphatic rings. The van der Waals surface area contributed by atoms with Crippen molar-refractivity contribution < 1.29 is 4.74 Å². The number of nitrogens with one attached hydrogen (secondary N) is 2. The molecule has 1 aromatic carbocycles. The van der Waals surface area contributed by atoms with E-state index in [9.17, 15) is 0 Å². The highest BCUT2D eigenvalue weighted by Gasteiger charge is 2.15. The van der Waals surface area contributed by atoms with Gasteiger partial charge in [0.1, 0.15) is 0 Å². The highest BCUT2D eigenvalue weighted by atomic mass is 32.1. The average molecular weight is 318 g/mol. The second-order valence-corrected chi connectivity index (χ2v) is 6.38. The van der Waals surface area contributed by atoms with Crippen molar-refractivity contribution in [1.29, 1.82) is 0 Å². The van der Waals surface area contributed by atoms with Crippen molar-refractivity contribution in [2.75, 3.05) is 18.5 Å². The van der Waals surface area contributed by atoms with Crippen molar-refractivity contribution in [2.45, 2.75) is 18.9 Å². The van der Waals surface area contributed by atoms with Crippen LogP contribution in [0.2, 0.25) is 0 Å². The van der Waals surface area contributed by atoms with E-state index in [1.165, 1.54) is 10.4 Å². The van der Waals surface area contributed by atoms with Crippen molar-refractivity contribution >= 4 is 34.4 Å². The zero-order valence-electron chi connectivity index (χ0n) is 11.7. The van der Waals surface area contributed by atoms with Crippen LogP contribution < -0.4 is 10.6 Å². The van der Waals surface area contributed by atoms with Gasteiger partial charge in [0.2, 0.25) is 0 Å². The van der Waals surface area contributed by atoms with Crippen LogP contribution in [0.25, 0.3) is 10.4 Å². The number of hydrogen-bond donors (Lipinski definition) is 2. The molecule has 1 unspecified atom stereocenters. The molecule has 2 aromatic rings. The summed E-state index contributed by atoms with van der Waals surface area (Å²) in [6.07, 6.45) is 2.56. The molecule has 5 heteroatoms. The smallest absolute Gasteiger partial charge is 0.170 e. The molecule has 1 atom stereocenters. The largest absolute Gasteiger partial charge is 0.376 e. The van der Waals surface area contributed by atoms with Crippen LogP contribution in [-0.4, -0.2) is 24.4 Å². The lowest BCUT2D eigenvalue weighted by Gasteiger charge is -2.14. The summed E-state index contributed by atoms with van der Waals surface area (Å²) in [5, 5.41) is 9.20.